The number of hydrogen-bond donors (Lipinski definition) is 2. The van der Waals surface area contributed by atoms with Crippen LogP contribution >= 0.6 is 11.6 Å². The normalized spacial score (nSPS) is 12.5. The highest BCUT2D eigenvalue weighted by Crippen LogP contribution is 2.27. The van der Waals surface area contributed by atoms with Crippen LogP contribution in [0.15, 0.2) is 42.6 Å². The third-order valence-corrected chi connectivity index (χ3v) is 3.96. The van der Waals surface area contributed by atoms with Crippen LogP contribution in [0, 0.1) is 6.92 Å². The van der Waals surface area contributed by atoms with E-state index < -0.39 is 12.0 Å². The fraction of sp³-hybridized carbons (Fsp3) is 0.176. The number of carboxylic acid groups (broad SMARTS) is 1. The monoisotopic (exact) mass is 329 g/mol. The minimum atomic E-state index is -1.04. The minimum Gasteiger partial charge on any atom is -0.480 e. The van der Waals surface area contributed by atoms with Crippen LogP contribution in [0.5, 0.6) is 0 Å². The predicted molar refractivity (Wildman–Crippen MR) is 89.7 cm³/mol. The average Bonchev–Trinajstić information content (AvgIpc) is 2.86. The highest BCUT2D eigenvalue weighted by Gasteiger charge is 2.20. The first-order valence-corrected chi connectivity index (χ1v) is 7.55. The number of hydrogen-bond acceptors (Lipinski definition) is 3. The topological polar surface area (TPSA) is 80.6 Å². The van der Waals surface area contributed by atoms with Crippen molar-refractivity contribution >= 4 is 23.2 Å². The molecule has 1 atom stereocenters. The van der Waals surface area contributed by atoms with Crippen molar-refractivity contribution in [1.29, 1.82) is 0 Å². The van der Waals surface area contributed by atoms with Gasteiger partial charge >= 0.3 is 5.97 Å². The number of fused-ring (bicyclic) bond motifs is 1. The lowest BCUT2D eigenvalue weighted by atomic mass is 10.0. The van der Waals surface area contributed by atoms with E-state index in [2.05, 4.69) is 4.98 Å². The highest BCUT2D eigenvalue weighted by molar-refractivity contribution is 6.30. The summed E-state index contributed by atoms with van der Waals surface area (Å²) in [6.07, 6.45) is 1.89. The molecule has 1 unspecified atom stereocenters. The van der Waals surface area contributed by atoms with Crippen molar-refractivity contribution in [1.82, 2.24) is 9.38 Å². The lowest BCUT2D eigenvalue weighted by Crippen LogP contribution is -2.32. The molecule has 6 heteroatoms. The molecule has 0 saturated heterocycles. The lowest BCUT2D eigenvalue weighted by molar-refractivity contribution is -0.138. The number of aromatic nitrogens is 2. The molecule has 3 rings (SSSR count). The Labute approximate surface area is 138 Å². The highest BCUT2D eigenvalue weighted by atomic mass is 35.5. The maximum Gasteiger partial charge on any atom is 0.320 e. The van der Waals surface area contributed by atoms with Crippen LogP contribution in [0.1, 0.15) is 11.3 Å². The zero-order valence-corrected chi connectivity index (χ0v) is 13.3. The summed E-state index contributed by atoms with van der Waals surface area (Å²) in [4.78, 5) is 15.8. The number of pyridine rings is 1. The van der Waals surface area contributed by atoms with E-state index in [4.69, 9.17) is 22.4 Å². The predicted octanol–water partition coefficient (Wildman–Crippen LogP) is 2.92. The number of aryl methyl sites for hydroxylation is 1. The van der Waals surface area contributed by atoms with E-state index in [0.717, 1.165) is 22.5 Å². The molecule has 2 heterocycles. The molecule has 0 spiro atoms. The molecule has 5 nitrogen and oxygen atoms in total. The zero-order chi connectivity index (χ0) is 16.6. The van der Waals surface area contributed by atoms with Crippen molar-refractivity contribution in [2.24, 2.45) is 5.73 Å². The van der Waals surface area contributed by atoms with Crippen LogP contribution in [0.3, 0.4) is 0 Å². The quantitative estimate of drug-likeness (QED) is 0.771. The SMILES string of the molecule is Cc1ccc(-c2nc3ccc(Cl)cn3c2CC(N)C(=O)O)cc1. The van der Waals surface area contributed by atoms with Gasteiger partial charge < -0.3 is 15.2 Å². The maximum absolute atomic E-state index is 11.1. The van der Waals surface area contributed by atoms with Gasteiger partial charge in [0.2, 0.25) is 0 Å². The summed E-state index contributed by atoms with van der Waals surface area (Å²) in [5.41, 5.74) is 9.97. The fourth-order valence-electron chi connectivity index (χ4n) is 2.50. The van der Waals surface area contributed by atoms with E-state index in [1.54, 1.807) is 22.7 Å². The van der Waals surface area contributed by atoms with Gasteiger partial charge in [-0.05, 0) is 19.1 Å². The van der Waals surface area contributed by atoms with Gasteiger partial charge in [0.05, 0.1) is 16.4 Å². The smallest absolute Gasteiger partial charge is 0.320 e. The number of benzene rings is 1. The first-order valence-electron chi connectivity index (χ1n) is 7.17. The molecule has 3 N–H and O–H groups in total. The van der Waals surface area contributed by atoms with E-state index in [9.17, 15) is 4.79 Å². The molecule has 0 aliphatic rings. The lowest BCUT2D eigenvalue weighted by Gasteiger charge is -2.09. The second-order valence-electron chi connectivity index (χ2n) is 5.50. The molecule has 0 bridgehead atoms. The number of nitrogens with two attached hydrogens (primary N) is 1. The molecule has 0 saturated carbocycles. The van der Waals surface area contributed by atoms with E-state index >= 15 is 0 Å². The Morgan fingerprint density at radius 1 is 1.30 bits per heavy atom. The average molecular weight is 330 g/mol. The molecule has 0 amide bonds. The van der Waals surface area contributed by atoms with Crippen molar-refractivity contribution in [2.75, 3.05) is 0 Å². The van der Waals surface area contributed by atoms with E-state index in [1.165, 1.54) is 0 Å². The van der Waals surface area contributed by atoms with Crippen LogP contribution in [0.2, 0.25) is 5.02 Å². The van der Waals surface area contributed by atoms with Crippen LogP contribution in [-0.2, 0) is 11.2 Å². The number of halogens is 1. The second-order valence-corrected chi connectivity index (χ2v) is 5.93. The Kier molecular flexibility index (Phi) is 4.07. The number of carbonyl (C=O) groups is 1. The van der Waals surface area contributed by atoms with Crippen LogP contribution in [-0.4, -0.2) is 26.5 Å². The van der Waals surface area contributed by atoms with Gasteiger partial charge in [-0.2, -0.15) is 0 Å². The summed E-state index contributed by atoms with van der Waals surface area (Å²) < 4.78 is 1.81. The number of nitrogens with zero attached hydrogens (tertiary/aromatic N) is 2. The fourth-order valence-corrected chi connectivity index (χ4v) is 2.66. The van der Waals surface area contributed by atoms with Gasteiger partial charge in [0.25, 0.3) is 0 Å². The molecule has 0 aliphatic carbocycles. The van der Waals surface area contributed by atoms with Gasteiger partial charge in [0, 0.05) is 18.2 Å². The maximum atomic E-state index is 11.1. The van der Waals surface area contributed by atoms with Crippen molar-refractivity contribution in [3.05, 3.63) is 58.9 Å². The van der Waals surface area contributed by atoms with Crippen molar-refractivity contribution in [2.45, 2.75) is 19.4 Å². The Morgan fingerprint density at radius 2 is 2.00 bits per heavy atom. The van der Waals surface area contributed by atoms with Crippen LogP contribution in [0.25, 0.3) is 16.9 Å². The Balaban J connectivity index is 2.19. The molecular weight excluding hydrogens is 314 g/mol. The Morgan fingerprint density at radius 3 is 2.65 bits per heavy atom. The number of aliphatic carboxylic acids is 1. The third-order valence-electron chi connectivity index (χ3n) is 3.74. The van der Waals surface area contributed by atoms with Crippen LogP contribution < -0.4 is 5.73 Å². The Hall–Kier alpha value is -2.37. The van der Waals surface area contributed by atoms with Crippen LogP contribution in [0.4, 0.5) is 0 Å². The molecule has 1 aromatic carbocycles. The van der Waals surface area contributed by atoms with Gasteiger partial charge in [0.1, 0.15) is 11.7 Å². The summed E-state index contributed by atoms with van der Waals surface area (Å²) in [7, 11) is 0. The number of carboxylic acids is 1. The van der Waals surface area contributed by atoms with Gasteiger partial charge in [-0.25, -0.2) is 4.98 Å². The Bertz CT molecular complexity index is 871. The largest absolute Gasteiger partial charge is 0.480 e. The molecule has 2 aromatic heterocycles. The van der Waals surface area contributed by atoms with Gasteiger partial charge in [-0.3, -0.25) is 4.79 Å². The summed E-state index contributed by atoms with van der Waals surface area (Å²) in [6.45, 7) is 2.01. The molecule has 3 aromatic rings. The molecule has 0 radical (unpaired) electrons. The van der Waals surface area contributed by atoms with Gasteiger partial charge in [0.15, 0.2) is 0 Å². The zero-order valence-electron chi connectivity index (χ0n) is 12.5. The van der Waals surface area contributed by atoms with E-state index in [0.29, 0.717) is 10.7 Å². The molecule has 0 fully saturated rings. The summed E-state index contributed by atoms with van der Waals surface area (Å²) in [6, 6.07) is 10.5. The molecule has 118 valence electrons. The first kappa shape index (κ1) is 15.5. The van der Waals surface area contributed by atoms with Crippen molar-refractivity contribution < 1.29 is 9.90 Å². The first-order chi connectivity index (χ1) is 11.0. The van der Waals surface area contributed by atoms with Crippen molar-refractivity contribution in [3.63, 3.8) is 0 Å². The van der Waals surface area contributed by atoms with E-state index in [1.807, 2.05) is 31.2 Å². The van der Waals surface area contributed by atoms with Crippen molar-refractivity contribution in [3.8, 4) is 11.3 Å². The second kappa shape index (κ2) is 6.02. The minimum absolute atomic E-state index is 0.167. The van der Waals surface area contributed by atoms with Gasteiger partial charge in [-0.15, -0.1) is 0 Å². The third kappa shape index (κ3) is 3.06. The van der Waals surface area contributed by atoms with Gasteiger partial charge in [-0.1, -0.05) is 41.4 Å². The number of rotatable bonds is 4. The number of imidazole rings is 1. The molecule has 23 heavy (non-hydrogen) atoms. The molecule has 0 aliphatic heterocycles. The summed E-state index contributed by atoms with van der Waals surface area (Å²) >= 11 is 6.07. The summed E-state index contributed by atoms with van der Waals surface area (Å²) in [5, 5.41) is 9.68. The van der Waals surface area contributed by atoms with E-state index in [-0.39, 0.29) is 6.42 Å². The standard InChI is InChI=1S/C17H16ClN3O2/c1-10-2-4-11(5-3-10)16-14(8-13(19)17(22)23)21-9-12(18)6-7-15(21)20-16/h2-7,9,13H,8,19H2,1H3,(H,22,23). The summed E-state index contributed by atoms with van der Waals surface area (Å²) in [5.74, 6) is -1.04. The molecular formula is C17H16ClN3O2.